The van der Waals surface area contributed by atoms with Gasteiger partial charge in [0.05, 0.1) is 6.17 Å². The Hall–Kier alpha value is -1.62. The van der Waals surface area contributed by atoms with Crippen LogP contribution in [0.2, 0.25) is 0 Å². The third-order valence-electron chi connectivity index (χ3n) is 2.07. The predicted octanol–water partition coefficient (Wildman–Crippen LogP) is 2.18. The van der Waals surface area contributed by atoms with Gasteiger partial charge in [-0.15, -0.1) is 0 Å². The van der Waals surface area contributed by atoms with Crippen LogP contribution in [0.3, 0.4) is 0 Å². The minimum Gasteiger partial charge on any atom is -0.444 e. The molecule has 0 aliphatic heterocycles. The third kappa shape index (κ3) is 5.63. The van der Waals surface area contributed by atoms with Crippen molar-refractivity contribution >= 4 is 6.09 Å². The van der Waals surface area contributed by atoms with Crippen molar-refractivity contribution < 1.29 is 13.9 Å². The van der Waals surface area contributed by atoms with Gasteiger partial charge in [0.15, 0.2) is 0 Å². The summed E-state index contributed by atoms with van der Waals surface area (Å²) in [5.41, 5.74) is 6.05. The van der Waals surface area contributed by atoms with Crippen LogP contribution in [0.15, 0.2) is 24.3 Å². The highest BCUT2D eigenvalue weighted by Gasteiger charge is 2.17. The van der Waals surface area contributed by atoms with E-state index < -0.39 is 17.9 Å². The summed E-state index contributed by atoms with van der Waals surface area (Å²) in [6.45, 7) is 5.33. The van der Waals surface area contributed by atoms with E-state index in [1.807, 2.05) is 0 Å². The maximum absolute atomic E-state index is 12.7. The van der Waals surface area contributed by atoms with Crippen LogP contribution >= 0.6 is 0 Å². The molecule has 1 unspecified atom stereocenters. The molecule has 0 saturated carbocycles. The SMILES string of the molecule is CC(C)(C)OC(=O)NC(N)Cc1ccc(F)cc1. The number of nitrogens with two attached hydrogens (primary N) is 1. The zero-order chi connectivity index (χ0) is 13.8. The van der Waals surface area contributed by atoms with Gasteiger partial charge in [-0.3, -0.25) is 0 Å². The first-order valence-electron chi connectivity index (χ1n) is 5.76. The number of benzene rings is 1. The van der Waals surface area contributed by atoms with Crippen LogP contribution < -0.4 is 11.1 Å². The van der Waals surface area contributed by atoms with Gasteiger partial charge in [0.2, 0.25) is 0 Å². The van der Waals surface area contributed by atoms with Gasteiger partial charge in [-0.05, 0) is 38.5 Å². The Morgan fingerprint density at radius 2 is 1.94 bits per heavy atom. The summed E-state index contributed by atoms with van der Waals surface area (Å²) < 4.78 is 17.8. The molecule has 18 heavy (non-hydrogen) atoms. The summed E-state index contributed by atoms with van der Waals surface area (Å²) in [7, 11) is 0. The molecule has 0 saturated heterocycles. The minimum absolute atomic E-state index is 0.299. The van der Waals surface area contributed by atoms with Gasteiger partial charge in [0.25, 0.3) is 0 Å². The molecule has 1 aromatic rings. The molecule has 4 nitrogen and oxygen atoms in total. The monoisotopic (exact) mass is 254 g/mol. The summed E-state index contributed by atoms with van der Waals surface area (Å²) in [5, 5.41) is 2.52. The Morgan fingerprint density at radius 1 is 1.39 bits per heavy atom. The number of nitrogens with one attached hydrogen (secondary N) is 1. The molecule has 0 aliphatic carbocycles. The minimum atomic E-state index is -0.565. The summed E-state index contributed by atoms with van der Waals surface area (Å²) in [5.74, 6) is -0.299. The van der Waals surface area contributed by atoms with Gasteiger partial charge < -0.3 is 15.8 Å². The Kier molecular flexibility index (Phi) is 4.67. The number of ether oxygens (including phenoxy) is 1. The molecule has 0 spiro atoms. The van der Waals surface area contributed by atoms with Crippen molar-refractivity contribution in [2.24, 2.45) is 5.73 Å². The van der Waals surface area contributed by atoms with Gasteiger partial charge >= 0.3 is 6.09 Å². The van der Waals surface area contributed by atoms with E-state index >= 15 is 0 Å². The van der Waals surface area contributed by atoms with E-state index in [4.69, 9.17) is 10.5 Å². The molecular weight excluding hydrogens is 235 g/mol. The zero-order valence-corrected chi connectivity index (χ0v) is 10.9. The lowest BCUT2D eigenvalue weighted by Crippen LogP contribution is -2.45. The highest BCUT2D eigenvalue weighted by molar-refractivity contribution is 5.68. The number of amides is 1. The first kappa shape index (κ1) is 14.4. The second-order valence-electron chi connectivity index (χ2n) is 5.08. The Labute approximate surface area is 106 Å². The smallest absolute Gasteiger partial charge is 0.408 e. The highest BCUT2D eigenvalue weighted by atomic mass is 19.1. The van der Waals surface area contributed by atoms with Crippen LogP contribution in [0, 0.1) is 5.82 Å². The molecular formula is C13H19FN2O2. The highest BCUT2D eigenvalue weighted by Crippen LogP contribution is 2.07. The van der Waals surface area contributed by atoms with Crippen molar-refractivity contribution in [3.63, 3.8) is 0 Å². The van der Waals surface area contributed by atoms with Crippen LogP contribution in [0.5, 0.6) is 0 Å². The van der Waals surface area contributed by atoms with Gasteiger partial charge in [-0.1, -0.05) is 12.1 Å². The van der Waals surface area contributed by atoms with Crippen LogP contribution in [0.25, 0.3) is 0 Å². The number of carbonyl (C=O) groups excluding carboxylic acids is 1. The first-order valence-corrected chi connectivity index (χ1v) is 5.76. The molecule has 0 heterocycles. The van der Waals surface area contributed by atoms with E-state index in [2.05, 4.69) is 5.32 Å². The molecule has 1 amide bonds. The average molecular weight is 254 g/mol. The van der Waals surface area contributed by atoms with Gasteiger partial charge in [0.1, 0.15) is 11.4 Å². The lowest BCUT2D eigenvalue weighted by molar-refractivity contribution is 0.0506. The number of carbonyl (C=O) groups is 1. The average Bonchev–Trinajstić information content (AvgIpc) is 2.18. The zero-order valence-electron chi connectivity index (χ0n) is 10.9. The van der Waals surface area contributed by atoms with E-state index in [1.165, 1.54) is 12.1 Å². The molecule has 5 heteroatoms. The lowest BCUT2D eigenvalue weighted by atomic mass is 10.1. The summed E-state index contributed by atoms with van der Waals surface area (Å²) in [6, 6.07) is 5.98. The Bertz CT molecular complexity index is 398. The number of hydrogen-bond acceptors (Lipinski definition) is 3. The van der Waals surface area contributed by atoms with Gasteiger partial charge in [-0.25, -0.2) is 9.18 Å². The Morgan fingerprint density at radius 3 is 2.44 bits per heavy atom. The third-order valence-corrected chi connectivity index (χ3v) is 2.07. The largest absolute Gasteiger partial charge is 0.444 e. The van der Waals surface area contributed by atoms with Crippen LogP contribution in [0.1, 0.15) is 26.3 Å². The molecule has 1 atom stereocenters. The molecule has 0 aliphatic rings. The molecule has 0 fully saturated rings. The Balaban J connectivity index is 2.44. The molecule has 1 aromatic carbocycles. The summed E-state index contributed by atoms with van der Waals surface area (Å²) in [4.78, 5) is 11.4. The molecule has 0 aromatic heterocycles. The molecule has 0 bridgehead atoms. The second kappa shape index (κ2) is 5.82. The van der Waals surface area contributed by atoms with E-state index in [1.54, 1.807) is 32.9 Å². The van der Waals surface area contributed by atoms with E-state index in [-0.39, 0.29) is 5.82 Å². The first-order chi connectivity index (χ1) is 8.26. The second-order valence-corrected chi connectivity index (χ2v) is 5.08. The fraction of sp³-hybridized carbons (Fsp3) is 0.462. The van der Waals surface area contributed by atoms with Crippen LogP contribution in [-0.4, -0.2) is 17.9 Å². The van der Waals surface area contributed by atoms with Crippen molar-refractivity contribution in [1.29, 1.82) is 0 Å². The van der Waals surface area contributed by atoms with Crippen molar-refractivity contribution in [2.45, 2.75) is 39.0 Å². The normalized spacial score (nSPS) is 12.9. The topological polar surface area (TPSA) is 64.3 Å². The van der Waals surface area contributed by atoms with Crippen molar-refractivity contribution in [3.8, 4) is 0 Å². The standard InChI is InChI=1S/C13H19FN2O2/c1-13(2,3)18-12(17)16-11(15)8-9-4-6-10(14)7-5-9/h4-7,11H,8,15H2,1-3H3,(H,16,17). The van der Waals surface area contributed by atoms with E-state index in [0.29, 0.717) is 6.42 Å². The fourth-order valence-electron chi connectivity index (χ4n) is 1.38. The number of halogens is 1. The van der Waals surface area contributed by atoms with Crippen LogP contribution in [0.4, 0.5) is 9.18 Å². The van der Waals surface area contributed by atoms with Crippen molar-refractivity contribution in [3.05, 3.63) is 35.6 Å². The summed E-state index contributed by atoms with van der Waals surface area (Å²) in [6.07, 6.45) is -0.707. The fourth-order valence-corrected chi connectivity index (χ4v) is 1.38. The van der Waals surface area contributed by atoms with Crippen LogP contribution in [-0.2, 0) is 11.2 Å². The summed E-state index contributed by atoms with van der Waals surface area (Å²) >= 11 is 0. The number of rotatable bonds is 3. The predicted molar refractivity (Wildman–Crippen MR) is 67.4 cm³/mol. The quantitative estimate of drug-likeness (QED) is 0.812. The molecule has 100 valence electrons. The number of alkyl carbamates (subject to hydrolysis) is 1. The number of hydrogen-bond donors (Lipinski definition) is 2. The molecule has 0 radical (unpaired) electrons. The van der Waals surface area contributed by atoms with Crippen molar-refractivity contribution in [1.82, 2.24) is 5.32 Å². The maximum atomic E-state index is 12.7. The maximum Gasteiger partial charge on any atom is 0.408 e. The molecule has 1 rings (SSSR count). The van der Waals surface area contributed by atoms with Gasteiger partial charge in [-0.2, -0.15) is 0 Å². The van der Waals surface area contributed by atoms with Gasteiger partial charge in [0, 0.05) is 6.42 Å². The van der Waals surface area contributed by atoms with E-state index in [0.717, 1.165) is 5.56 Å². The lowest BCUT2D eigenvalue weighted by Gasteiger charge is -2.21. The van der Waals surface area contributed by atoms with E-state index in [9.17, 15) is 9.18 Å². The molecule has 3 N–H and O–H groups in total. The van der Waals surface area contributed by atoms with Crippen molar-refractivity contribution in [2.75, 3.05) is 0 Å².